The number of hydrogen-bond acceptors (Lipinski definition) is 3. The summed E-state index contributed by atoms with van der Waals surface area (Å²) in [5.74, 6) is 0.148. The fraction of sp³-hybridized carbons (Fsp3) is 0.462. The van der Waals surface area contributed by atoms with Gasteiger partial charge in [-0.25, -0.2) is 0 Å². The number of hydrogen-bond donors (Lipinski definition) is 1. The van der Waals surface area contributed by atoms with Crippen molar-refractivity contribution in [2.24, 2.45) is 5.92 Å². The summed E-state index contributed by atoms with van der Waals surface area (Å²) in [5, 5.41) is 13.5. The monoisotopic (exact) mass is 282 g/mol. The summed E-state index contributed by atoms with van der Waals surface area (Å²) in [6.45, 7) is 1.95. The maximum Gasteiger partial charge on any atom is 0.288 e. The molecule has 0 bridgehead atoms. The Morgan fingerprint density at radius 3 is 2.74 bits per heavy atom. The van der Waals surface area contributed by atoms with Crippen molar-refractivity contribution >= 4 is 23.2 Å². The van der Waals surface area contributed by atoms with Crippen molar-refractivity contribution in [3.63, 3.8) is 0 Å². The van der Waals surface area contributed by atoms with Gasteiger partial charge in [0.15, 0.2) is 0 Å². The number of halogens is 1. The van der Waals surface area contributed by atoms with E-state index < -0.39 is 4.92 Å². The Morgan fingerprint density at radius 2 is 2.21 bits per heavy atom. The Balaban J connectivity index is 2.14. The first kappa shape index (κ1) is 13.8. The van der Waals surface area contributed by atoms with Crippen LogP contribution in [0, 0.1) is 16.0 Å². The van der Waals surface area contributed by atoms with Crippen LogP contribution in [0.4, 0.5) is 5.69 Å². The normalized spacial score (nSPS) is 16.5. The molecule has 5 nitrogen and oxygen atoms in total. The Morgan fingerprint density at radius 1 is 1.53 bits per heavy atom. The lowest BCUT2D eigenvalue weighted by molar-refractivity contribution is -0.384. The summed E-state index contributed by atoms with van der Waals surface area (Å²) in [5.41, 5.74) is -0.0901. The summed E-state index contributed by atoms with van der Waals surface area (Å²) in [4.78, 5) is 22.3. The zero-order valence-corrected chi connectivity index (χ0v) is 11.3. The molecule has 0 radical (unpaired) electrons. The predicted molar refractivity (Wildman–Crippen MR) is 72.4 cm³/mol. The molecule has 2 rings (SSSR count). The Labute approximate surface area is 116 Å². The zero-order chi connectivity index (χ0) is 14.0. The van der Waals surface area contributed by atoms with Crippen LogP contribution in [0.5, 0.6) is 0 Å². The quantitative estimate of drug-likeness (QED) is 0.681. The number of nitrogens with one attached hydrogen (secondary N) is 1. The van der Waals surface area contributed by atoms with Crippen molar-refractivity contribution in [3.05, 3.63) is 38.9 Å². The van der Waals surface area contributed by atoms with Gasteiger partial charge in [0.05, 0.1) is 10.5 Å². The largest absolute Gasteiger partial charge is 0.349 e. The highest BCUT2D eigenvalue weighted by atomic mass is 35.5. The molecule has 1 fully saturated rings. The number of rotatable bonds is 4. The molecule has 0 spiro atoms. The average molecular weight is 283 g/mol. The first-order valence-electron chi connectivity index (χ1n) is 6.24. The maximum absolute atomic E-state index is 12.1. The van der Waals surface area contributed by atoms with Gasteiger partial charge in [0.25, 0.3) is 11.6 Å². The van der Waals surface area contributed by atoms with E-state index in [-0.39, 0.29) is 28.2 Å². The second kappa shape index (κ2) is 5.57. The summed E-state index contributed by atoms with van der Waals surface area (Å²) in [6, 6.07) is 4.32. The van der Waals surface area contributed by atoms with Crippen molar-refractivity contribution in [1.29, 1.82) is 0 Å². The number of amides is 1. The molecule has 1 aromatic rings. The molecule has 1 unspecified atom stereocenters. The molecule has 0 aromatic heterocycles. The summed E-state index contributed by atoms with van der Waals surface area (Å²) in [7, 11) is 0. The second-order valence-corrected chi connectivity index (χ2v) is 5.23. The fourth-order valence-corrected chi connectivity index (χ4v) is 2.46. The molecule has 1 aromatic carbocycles. The third-order valence-corrected chi connectivity index (χ3v) is 4.03. The first-order valence-corrected chi connectivity index (χ1v) is 6.62. The number of nitrogens with zero attached hydrogens (tertiary/aromatic N) is 1. The van der Waals surface area contributed by atoms with Crippen LogP contribution in [0.15, 0.2) is 18.2 Å². The van der Waals surface area contributed by atoms with Crippen molar-refractivity contribution in [1.82, 2.24) is 5.32 Å². The van der Waals surface area contributed by atoms with Crippen LogP contribution >= 0.6 is 11.6 Å². The summed E-state index contributed by atoms with van der Waals surface area (Å²) in [6.07, 6.45) is 3.43. The van der Waals surface area contributed by atoms with Crippen LogP contribution in [-0.4, -0.2) is 16.9 Å². The van der Waals surface area contributed by atoms with Gasteiger partial charge >= 0.3 is 0 Å². The zero-order valence-electron chi connectivity index (χ0n) is 10.6. The van der Waals surface area contributed by atoms with E-state index in [0.29, 0.717) is 5.92 Å². The highest BCUT2D eigenvalue weighted by molar-refractivity contribution is 6.35. The fourth-order valence-electron chi connectivity index (χ4n) is 2.18. The number of carbonyl (C=O) groups is 1. The molecule has 1 atom stereocenters. The maximum atomic E-state index is 12.1. The third-order valence-electron chi connectivity index (χ3n) is 3.64. The number of nitro benzene ring substituents is 1. The molecule has 1 aliphatic carbocycles. The Hall–Kier alpha value is -1.62. The highest BCUT2D eigenvalue weighted by Crippen LogP contribution is 2.31. The van der Waals surface area contributed by atoms with Crippen molar-refractivity contribution < 1.29 is 9.72 Å². The molecule has 0 aliphatic heterocycles. The number of carbonyl (C=O) groups excluding carboxylic acids is 1. The van der Waals surface area contributed by atoms with Crippen molar-refractivity contribution in [2.75, 3.05) is 0 Å². The molecule has 1 N–H and O–H groups in total. The molecule has 6 heteroatoms. The van der Waals surface area contributed by atoms with Gasteiger partial charge in [0, 0.05) is 12.1 Å². The van der Waals surface area contributed by atoms with Gasteiger partial charge in [-0.05, 0) is 31.7 Å². The van der Waals surface area contributed by atoms with Gasteiger partial charge in [-0.2, -0.15) is 0 Å². The van der Waals surface area contributed by atoms with Gasteiger partial charge in [-0.15, -0.1) is 0 Å². The highest BCUT2D eigenvalue weighted by Gasteiger charge is 2.27. The summed E-state index contributed by atoms with van der Waals surface area (Å²) >= 11 is 5.91. The lowest BCUT2D eigenvalue weighted by Crippen LogP contribution is -2.40. The third kappa shape index (κ3) is 2.87. The van der Waals surface area contributed by atoms with Crippen molar-refractivity contribution in [2.45, 2.75) is 32.2 Å². The molecule has 1 aliphatic rings. The topological polar surface area (TPSA) is 72.2 Å². The first-order chi connectivity index (χ1) is 9.00. The van der Waals surface area contributed by atoms with E-state index in [4.69, 9.17) is 11.6 Å². The van der Waals surface area contributed by atoms with E-state index in [1.54, 1.807) is 0 Å². The molecule has 1 amide bonds. The standard InChI is InChI=1S/C13H15ClN2O3/c1-8(9-4-2-5-9)15-13(17)10-6-3-7-11(12(10)14)16(18)19/h3,6-9H,2,4-5H2,1H3,(H,15,17). The molecule has 102 valence electrons. The predicted octanol–water partition coefficient (Wildman–Crippen LogP) is 3.17. The molecule has 19 heavy (non-hydrogen) atoms. The minimum Gasteiger partial charge on any atom is -0.349 e. The number of benzene rings is 1. The SMILES string of the molecule is CC(NC(=O)c1cccc([N+](=O)[O-])c1Cl)C1CCC1. The summed E-state index contributed by atoms with van der Waals surface area (Å²) < 4.78 is 0. The van der Waals surface area contributed by atoms with E-state index >= 15 is 0 Å². The van der Waals surface area contributed by atoms with E-state index in [1.165, 1.54) is 24.6 Å². The van der Waals surface area contributed by atoms with E-state index in [2.05, 4.69) is 5.32 Å². The minimum absolute atomic E-state index is 0.0663. The lowest BCUT2D eigenvalue weighted by Gasteiger charge is -2.31. The van der Waals surface area contributed by atoms with Crippen LogP contribution < -0.4 is 5.32 Å². The molecule has 1 saturated carbocycles. The molecular weight excluding hydrogens is 268 g/mol. The molecule has 0 heterocycles. The van der Waals surface area contributed by atoms with E-state index in [1.807, 2.05) is 6.92 Å². The van der Waals surface area contributed by atoms with Gasteiger partial charge in [-0.3, -0.25) is 14.9 Å². The van der Waals surface area contributed by atoms with E-state index in [0.717, 1.165) is 12.8 Å². The lowest BCUT2D eigenvalue weighted by atomic mass is 9.80. The van der Waals surface area contributed by atoms with Crippen molar-refractivity contribution in [3.8, 4) is 0 Å². The van der Waals surface area contributed by atoms with Gasteiger partial charge in [-0.1, -0.05) is 24.1 Å². The van der Waals surface area contributed by atoms with Crippen LogP contribution in [0.1, 0.15) is 36.5 Å². The van der Waals surface area contributed by atoms with Gasteiger partial charge < -0.3 is 5.32 Å². The van der Waals surface area contributed by atoms with Gasteiger partial charge in [0.2, 0.25) is 0 Å². The Kier molecular flexibility index (Phi) is 4.04. The number of nitro groups is 1. The minimum atomic E-state index is -0.589. The van der Waals surface area contributed by atoms with E-state index in [9.17, 15) is 14.9 Å². The van der Waals surface area contributed by atoms with Gasteiger partial charge in [0.1, 0.15) is 5.02 Å². The second-order valence-electron chi connectivity index (χ2n) is 4.85. The van der Waals surface area contributed by atoms with Crippen LogP contribution in [0.3, 0.4) is 0 Å². The van der Waals surface area contributed by atoms with Crippen LogP contribution in [-0.2, 0) is 0 Å². The molecular formula is C13H15ClN2O3. The smallest absolute Gasteiger partial charge is 0.288 e. The van der Waals surface area contributed by atoms with Crippen LogP contribution in [0.2, 0.25) is 5.02 Å². The average Bonchev–Trinajstić information content (AvgIpc) is 2.25. The van der Waals surface area contributed by atoms with Crippen LogP contribution in [0.25, 0.3) is 0 Å². The Bertz CT molecular complexity index is 515. The molecule has 0 saturated heterocycles.